The molecule has 10 nitrogen and oxygen atoms in total. The predicted octanol–water partition coefficient (Wildman–Crippen LogP) is 1.73. The Morgan fingerprint density at radius 1 is 1.05 bits per heavy atom. The van der Waals surface area contributed by atoms with Crippen LogP contribution in [0.2, 0.25) is 0 Å². The lowest BCUT2D eigenvalue weighted by Gasteiger charge is -2.29. The Labute approximate surface area is 220 Å². The van der Waals surface area contributed by atoms with Gasteiger partial charge >= 0.3 is 0 Å². The highest BCUT2D eigenvalue weighted by atomic mass is 16.5. The minimum atomic E-state index is -0.802. The van der Waals surface area contributed by atoms with Crippen molar-refractivity contribution in [2.24, 2.45) is 0 Å². The molecule has 1 atom stereocenters. The van der Waals surface area contributed by atoms with Crippen LogP contribution in [0.3, 0.4) is 0 Å². The van der Waals surface area contributed by atoms with E-state index in [2.05, 4.69) is 36.8 Å². The van der Waals surface area contributed by atoms with E-state index in [0.717, 1.165) is 68.1 Å². The molecule has 0 bridgehead atoms. The van der Waals surface area contributed by atoms with Crippen molar-refractivity contribution in [3.05, 3.63) is 36.2 Å². The third-order valence-corrected chi connectivity index (χ3v) is 6.85. The molecule has 0 aliphatic carbocycles. The first-order valence-electron chi connectivity index (χ1n) is 13.2. The highest BCUT2D eigenvalue weighted by Gasteiger charge is 2.37. The predicted molar refractivity (Wildman–Crippen MR) is 145 cm³/mol. The molecule has 0 unspecified atom stereocenters. The number of β-amino-alcohol motifs (C(OH)–C–C–N with tert-alkyl or cyclic N) is 1. The van der Waals surface area contributed by atoms with E-state index >= 15 is 0 Å². The zero-order valence-corrected chi connectivity index (χ0v) is 22.7. The van der Waals surface area contributed by atoms with Crippen LogP contribution in [0.4, 0.5) is 11.6 Å². The largest absolute Gasteiger partial charge is 0.490 e. The summed E-state index contributed by atoms with van der Waals surface area (Å²) in [4.78, 5) is 17.3. The van der Waals surface area contributed by atoms with E-state index in [-0.39, 0.29) is 0 Å². The maximum atomic E-state index is 11.3. The lowest BCUT2D eigenvalue weighted by Crippen LogP contribution is -2.43. The molecule has 0 radical (unpaired) electrons. The maximum absolute atomic E-state index is 11.3. The molecule has 2 aromatic rings. The van der Waals surface area contributed by atoms with Gasteiger partial charge in [-0.05, 0) is 38.1 Å². The molecule has 1 aromatic heterocycles. The van der Waals surface area contributed by atoms with Gasteiger partial charge in [0, 0.05) is 66.0 Å². The van der Waals surface area contributed by atoms with E-state index in [9.17, 15) is 5.11 Å². The topological polar surface area (TPSA) is 86.7 Å². The first kappa shape index (κ1) is 27.4. The van der Waals surface area contributed by atoms with Crippen molar-refractivity contribution in [3.8, 4) is 11.5 Å². The molecule has 37 heavy (non-hydrogen) atoms. The van der Waals surface area contributed by atoms with Crippen molar-refractivity contribution in [3.63, 3.8) is 0 Å². The molecular formula is C27H42N6O4. The standard InChI is InChI=1S/C27H42N6O4/c1-5-36-24-16-22(6-7-23(24)37-15-12-32-10-13-35-14-11-32)18-31(4)19-27(34)8-9-33(20-27)26-17-25(30(2)3)28-21-29-26/h6-7,16-17,21,34H,5,8-15,18-20H2,1-4H3/t27-/m1/s1. The summed E-state index contributed by atoms with van der Waals surface area (Å²) in [5.74, 6) is 3.24. The van der Waals surface area contributed by atoms with E-state index in [1.807, 2.05) is 45.1 Å². The number of aliphatic hydroxyl groups is 1. The summed E-state index contributed by atoms with van der Waals surface area (Å²) < 4.78 is 17.4. The van der Waals surface area contributed by atoms with Gasteiger partial charge in [-0.1, -0.05) is 6.07 Å². The highest BCUT2D eigenvalue weighted by molar-refractivity contribution is 5.50. The lowest BCUT2D eigenvalue weighted by atomic mass is 10.0. The SMILES string of the molecule is CCOc1cc(CN(C)C[C@]2(O)CCN(c3cc(N(C)C)ncn3)C2)ccc1OCCN1CCOCC1. The molecule has 2 aliphatic heterocycles. The van der Waals surface area contributed by atoms with Crippen molar-refractivity contribution in [1.82, 2.24) is 19.8 Å². The van der Waals surface area contributed by atoms with Crippen molar-refractivity contribution in [2.75, 3.05) is 96.6 Å². The second-order valence-electron chi connectivity index (χ2n) is 10.2. The summed E-state index contributed by atoms with van der Waals surface area (Å²) in [7, 11) is 5.97. The number of anilines is 2. The summed E-state index contributed by atoms with van der Waals surface area (Å²) in [6.07, 6.45) is 2.28. The Bertz CT molecular complexity index is 1000. The number of benzene rings is 1. The number of morpholine rings is 1. The number of nitrogens with zero attached hydrogens (tertiary/aromatic N) is 6. The number of aromatic nitrogens is 2. The summed E-state index contributed by atoms with van der Waals surface area (Å²) in [6, 6.07) is 8.10. The van der Waals surface area contributed by atoms with Crippen LogP contribution in [0, 0.1) is 0 Å². The van der Waals surface area contributed by atoms with Gasteiger partial charge in [-0.3, -0.25) is 9.80 Å². The van der Waals surface area contributed by atoms with Gasteiger partial charge in [0.25, 0.3) is 0 Å². The lowest BCUT2D eigenvalue weighted by molar-refractivity contribution is 0.0279. The van der Waals surface area contributed by atoms with Gasteiger partial charge < -0.3 is 29.1 Å². The monoisotopic (exact) mass is 514 g/mol. The molecule has 2 saturated heterocycles. The summed E-state index contributed by atoms with van der Waals surface area (Å²) in [5, 5.41) is 11.3. The van der Waals surface area contributed by atoms with Gasteiger partial charge in [-0.25, -0.2) is 9.97 Å². The van der Waals surface area contributed by atoms with Crippen molar-refractivity contribution in [2.45, 2.75) is 25.5 Å². The third-order valence-electron chi connectivity index (χ3n) is 6.85. The maximum Gasteiger partial charge on any atom is 0.161 e. The number of likely N-dealkylation sites (N-methyl/N-ethyl adjacent to an activating group) is 1. The summed E-state index contributed by atoms with van der Waals surface area (Å²) in [6.45, 7) is 10.1. The van der Waals surface area contributed by atoms with Crippen molar-refractivity contribution < 1.29 is 19.3 Å². The van der Waals surface area contributed by atoms with Crippen LogP contribution in [-0.2, 0) is 11.3 Å². The minimum Gasteiger partial charge on any atom is -0.490 e. The normalized spacial score (nSPS) is 20.4. The van der Waals surface area contributed by atoms with E-state index in [4.69, 9.17) is 14.2 Å². The van der Waals surface area contributed by atoms with Crippen LogP contribution in [0.25, 0.3) is 0 Å². The molecule has 204 valence electrons. The van der Waals surface area contributed by atoms with E-state index in [0.29, 0.717) is 39.3 Å². The van der Waals surface area contributed by atoms with Crippen LogP contribution in [-0.4, -0.2) is 117 Å². The zero-order chi connectivity index (χ0) is 26.3. The van der Waals surface area contributed by atoms with Gasteiger partial charge in [0.2, 0.25) is 0 Å². The van der Waals surface area contributed by atoms with E-state index < -0.39 is 5.60 Å². The van der Waals surface area contributed by atoms with Gasteiger partial charge in [-0.2, -0.15) is 0 Å². The summed E-state index contributed by atoms with van der Waals surface area (Å²) >= 11 is 0. The Balaban J connectivity index is 1.31. The van der Waals surface area contributed by atoms with Gasteiger partial charge in [0.05, 0.1) is 25.4 Å². The Morgan fingerprint density at radius 2 is 1.86 bits per heavy atom. The molecule has 2 fully saturated rings. The molecule has 0 amide bonds. The average molecular weight is 515 g/mol. The molecule has 0 spiro atoms. The van der Waals surface area contributed by atoms with Crippen LogP contribution < -0.4 is 19.3 Å². The summed E-state index contributed by atoms with van der Waals surface area (Å²) in [5.41, 5.74) is 0.319. The minimum absolute atomic E-state index is 0.543. The number of hydrogen-bond donors (Lipinski definition) is 1. The quantitative estimate of drug-likeness (QED) is 0.452. The Kier molecular flexibility index (Phi) is 9.42. The Hall–Kier alpha value is -2.66. The number of rotatable bonds is 12. The Morgan fingerprint density at radius 3 is 2.62 bits per heavy atom. The van der Waals surface area contributed by atoms with Crippen molar-refractivity contribution >= 4 is 11.6 Å². The number of ether oxygens (including phenoxy) is 3. The second-order valence-corrected chi connectivity index (χ2v) is 10.2. The molecule has 1 aromatic carbocycles. The van der Waals surface area contributed by atoms with Crippen LogP contribution in [0.1, 0.15) is 18.9 Å². The van der Waals surface area contributed by atoms with E-state index in [1.165, 1.54) is 0 Å². The average Bonchev–Trinajstić information content (AvgIpc) is 3.27. The second kappa shape index (κ2) is 12.7. The van der Waals surface area contributed by atoms with Crippen LogP contribution in [0.5, 0.6) is 11.5 Å². The molecular weight excluding hydrogens is 472 g/mol. The first-order chi connectivity index (χ1) is 17.8. The molecule has 2 aliphatic rings. The molecule has 0 saturated carbocycles. The zero-order valence-electron chi connectivity index (χ0n) is 22.7. The van der Waals surface area contributed by atoms with Crippen LogP contribution in [0.15, 0.2) is 30.6 Å². The van der Waals surface area contributed by atoms with Gasteiger partial charge in [0.1, 0.15) is 24.6 Å². The highest BCUT2D eigenvalue weighted by Crippen LogP contribution is 2.30. The smallest absolute Gasteiger partial charge is 0.161 e. The molecule has 10 heteroatoms. The molecule has 4 rings (SSSR count). The van der Waals surface area contributed by atoms with Crippen LogP contribution >= 0.6 is 0 Å². The third kappa shape index (κ3) is 7.67. The van der Waals surface area contributed by atoms with E-state index in [1.54, 1.807) is 6.33 Å². The van der Waals surface area contributed by atoms with Gasteiger partial charge in [0.15, 0.2) is 11.5 Å². The fourth-order valence-corrected chi connectivity index (χ4v) is 4.95. The van der Waals surface area contributed by atoms with Gasteiger partial charge in [-0.15, -0.1) is 0 Å². The first-order valence-corrected chi connectivity index (χ1v) is 13.2. The molecule has 3 heterocycles. The fourth-order valence-electron chi connectivity index (χ4n) is 4.95. The fraction of sp³-hybridized carbons (Fsp3) is 0.630. The number of hydrogen-bond acceptors (Lipinski definition) is 10. The molecule has 1 N–H and O–H groups in total. The van der Waals surface area contributed by atoms with Crippen molar-refractivity contribution in [1.29, 1.82) is 0 Å².